The first-order chi connectivity index (χ1) is 8.28. The molecule has 1 heterocycles. The second-order valence-corrected chi connectivity index (χ2v) is 5.91. The van der Waals surface area contributed by atoms with Crippen LogP contribution in [0.4, 0.5) is 4.79 Å². The molecular formula is C12H18N2O3S. The van der Waals surface area contributed by atoms with E-state index in [2.05, 4.69) is 9.69 Å². The highest BCUT2D eigenvalue weighted by molar-refractivity contribution is 7.05. The van der Waals surface area contributed by atoms with Crippen LogP contribution in [0.2, 0.25) is 0 Å². The number of aromatic nitrogens is 1. The Morgan fingerprint density at radius 2 is 2.17 bits per heavy atom. The molecule has 1 amide bonds. The van der Waals surface area contributed by atoms with Gasteiger partial charge in [0.15, 0.2) is 5.78 Å². The Morgan fingerprint density at radius 1 is 1.50 bits per heavy atom. The highest BCUT2D eigenvalue weighted by Gasteiger charge is 2.21. The van der Waals surface area contributed by atoms with Crippen molar-refractivity contribution in [2.45, 2.75) is 45.8 Å². The Bertz CT molecular complexity index is 409. The molecule has 0 bridgehead atoms. The van der Waals surface area contributed by atoms with Crippen molar-refractivity contribution in [1.82, 2.24) is 9.69 Å². The van der Waals surface area contributed by atoms with Crippen molar-refractivity contribution in [3.63, 3.8) is 0 Å². The summed E-state index contributed by atoms with van der Waals surface area (Å²) in [4.78, 5) is 24.2. The lowest BCUT2D eigenvalue weighted by Gasteiger charge is -2.21. The smallest absolute Gasteiger partial charge is 0.408 e. The van der Waals surface area contributed by atoms with Crippen molar-refractivity contribution in [3.8, 4) is 0 Å². The van der Waals surface area contributed by atoms with Crippen LogP contribution < -0.4 is 5.32 Å². The molecule has 0 spiro atoms. The van der Waals surface area contributed by atoms with Crippen LogP contribution in [0.1, 0.15) is 32.6 Å². The molecule has 0 radical (unpaired) electrons. The van der Waals surface area contributed by atoms with Gasteiger partial charge in [-0.05, 0) is 45.3 Å². The molecule has 0 saturated carbocycles. The van der Waals surface area contributed by atoms with Gasteiger partial charge in [-0.15, -0.1) is 0 Å². The minimum Gasteiger partial charge on any atom is -0.444 e. The van der Waals surface area contributed by atoms with Crippen molar-refractivity contribution in [2.75, 3.05) is 0 Å². The van der Waals surface area contributed by atoms with Gasteiger partial charge < -0.3 is 10.1 Å². The van der Waals surface area contributed by atoms with Crippen LogP contribution in [0.5, 0.6) is 0 Å². The van der Waals surface area contributed by atoms with Crippen LogP contribution in [0, 0.1) is 0 Å². The fraction of sp³-hybridized carbons (Fsp3) is 0.583. The molecule has 0 aliphatic heterocycles. The number of hydrogen-bond donors (Lipinski definition) is 1. The quantitative estimate of drug-likeness (QED) is 0.910. The first-order valence-electron chi connectivity index (χ1n) is 5.70. The number of nitrogens with zero attached hydrogens (tertiary/aromatic N) is 1. The summed E-state index contributed by atoms with van der Waals surface area (Å²) < 4.78 is 9.00. The van der Waals surface area contributed by atoms with Gasteiger partial charge >= 0.3 is 6.09 Å². The Kier molecular flexibility index (Phi) is 4.84. The highest BCUT2D eigenvalue weighted by atomic mass is 32.1. The minimum absolute atomic E-state index is 0.0647. The third kappa shape index (κ3) is 5.27. The minimum atomic E-state index is -0.576. The van der Waals surface area contributed by atoms with Gasteiger partial charge in [-0.2, -0.15) is 0 Å². The van der Waals surface area contributed by atoms with Crippen LogP contribution in [-0.2, 0) is 16.0 Å². The van der Waals surface area contributed by atoms with E-state index in [1.807, 2.05) is 0 Å². The van der Waals surface area contributed by atoms with Crippen LogP contribution in [0.15, 0.2) is 12.3 Å². The van der Waals surface area contributed by atoms with Crippen molar-refractivity contribution in [3.05, 3.63) is 17.1 Å². The first kappa shape index (κ1) is 14.6. The van der Waals surface area contributed by atoms with Gasteiger partial charge in [0.2, 0.25) is 0 Å². The molecule has 100 valence electrons. The van der Waals surface area contributed by atoms with Gasteiger partial charge in [0.1, 0.15) is 5.60 Å². The molecule has 0 fully saturated rings. The van der Waals surface area contributed by atoms with Crippen LogP contribution in [0.3, 0.4) is 0 Å². The number of Topliss-reactive ketones (excluding diaryl/α,β-unsaturated/α-hetero) is 1. The molecule has 1 N–H and O–H groups in total. The van der Waals surface area contributed by atoms with E-state index in [9.17, 15) is 9.59 Å². The lowest BCUT2D eigenvalue weighted by atomic mass is 10.1. The molecule has 1 aromatic rings. The lowest BCUT2D eigenvalue weighted by Crippen LogP contribution is -2.42. The largest absolute Gasteiger partial charge is 0.444 e. The summed E-state index contributed by atoms with van der Waals surface area (Å²) in [6.07, 6.45) is 1.36. The fourth-order valence-corrected chi connectivity index (χ4v) is 1.81. The average molecular weight is 270 g/mol. The molecule has 1 atom stereocenters. The van der Waals surface area contributed by atoms with E-state index in [1.165, 1.54) is 11.5 Å². The summed E-state index contributed by atoms with van der Waals surface area (Å²) in [5.74, 6) is -0.0647. The Morgan fingerprint density at radius 3 is 2.67 bits per heavy atom. The van der Waals surface area contributed by atoms with Crippen molar-refractivity contribution < 1.29 is 14.3 Å². The Labute approximate surface area is 111 Å². The number of hydrogen-bond acceptors (Lipinski definition) is 5. The predicted molar refractivity (Wildman–Crippen MR) is 69.7 cm³/mol. The van der Waals surface area contributed by atoms with E-state index in [0.29, 0.717) is 0 Å². The van der Waals surface area contributed by atoms with E-state index < -0.39 is 17.7 Å². The normalized spacial score (nSPS) is 12.9. The van der Waals surface area contributed by atoms with Gasteiger partial charge in [0, 0.05) is 17.5 Å². The maximum Gasteiger partial charge on any atom is 0.408 e. The Balaban J connectivity index is 2.42. The van der Waals surface area contributed by atoms with E-state index >= 15 is 0 Å². The fourth-order valence-electron chi connectivity index (χ4n) is 1.22. The molecule has 0 saturated heterocycles. The number of nitrogens with one attached hydrogen (secondary N) is 1. The molecule has 0 aliphatic rings. The summed E-state index contributed by atoms with van der Waals surface area (Å²) in [6.45, 7) is 6.97. The van der Waals surface area contributed by atoms with E-state index in [0.717, 1.165) is 4.88 Å². The zero-order chi connectivity index (χ0) is 13.8. The second-order valence-electron chi connectivity index (χ2n) is 4.99. The average Bonchev–Trinajstić information content (AvgIpc) is 2.66. The maximum atomic E-state index is 11.8. The van der Waals surface area contributed by atoms with Crippen molar-refractivity contribution in [1.29, 1.82) is 0 Å². The van der Waals surface area contributed by atoms with Crippen LogP contribution in [0.25, 0.3) is 0 Å². The summed E-state index contributed by atoms with van der Waals surface area (Å²) in [6, 6.07) is 1.23. The summed E-state index contributed by atoms with van der Waals surface area (Å²) in [5.41, 5.74) is -0.565. The Hall–Kier alpha value is -1.43. The highest BCUT2D eigenvalue weighted by Crippen LogP contribution is 2.09. The number of amides is 1. The molecular weight excluding hydrogens is 252 g/mol. The van der Waals surface area contributed by atoms with E-state index in [4.69, 9.17) is 4.74 Å². The number of rotatable bonds is 4. The molecule has 1 rings (SSSR count). The van der Waals surface area contributed by atoms with Gasteiger partial charge in [0.25, 0.3) is 0 Å². The van der Waals surface area contributed by atoms with Gasteiger partial charge in [-0.25, -0.2) is 9.17 Å². The topological polar surface area (TPSA) is 68.3 Å². The standard InChI is InChI=1S/C12H18N2O3S/c1-8(14-11(16)17-12(2,3)4)10(15)7-9-5-6-13-18-9/h5-6,8H,7H2,1-4H3,(H,14,16)/t8-/m0/s1. The first-order valence-corrected chi connectivity index (χ1v) is 6.47. The molecule has 0 aromatic carbocycles. The molecule has 6 heteroatoms. The summed E-state index contributed by atoms with van der Waals surface area (Å²) in [5, 5.41) is 2.52. The van der Waals surface area contributed by atoms with Gasteiger partial charge in [-0.3, -0.25) is 4.79 Å². The number of carbonyl (C=O) groups excluding carboxylic acids is 2. The van der Waals surface area contributed by atoms with E-state index in [1.54, 1.807) is 40.0 Å². The van der Waals surface area contributed by atoms with Crippen molar-refractivity contribution >= 4 is 23.4 Å². The third-order valence-electron chi connectivity index (χ3n) is 2.06. The maximum absolute atomic E-state index is 11.8. The molecule has 0 unspecified atom stereocenters. The molecule has 0 aliphatic carbocycles. The second kappa shape index (κ2) is 5.95. The molecule has 5 nitrogen and oxygen atoms in total. The van der Waals surface area contributed by atoms with Gasteiger partial charge in [0.05, 0.1) is 6.04 Å². The van der Waals surface area contributed by atoms with E-state index in [-0.39, 0.29) is 12.2 Å². The zero-order valence-corrected chi connectivity index (χ0v) is 11.8. The number of ketones is 1. The zero-order valence-electron chi connectivity index (χ0n) is 11.0. The lowest BCUT2D eigenvalue weighted by molar-refractivity contribution is -0.120. The van der Waals surface area contributed by atoms with Crippen molar-refractivity contribution in [2.24, 2.45) is 0 Å². The molecule has 18 heavy (non-hydrogen) atoms. The number of carbonyl (C=O) groups is 2. The van der Waals surface area contributed by atoms with Gasteiger partial charge in [-0.1, -0.05) is 0 Å². The number of alkyl carbamates (subject to hydrolysis) is 1. The SMILES string of the molecule is C[C@H](NC(=O)OC(C)(C)C)C(=O)Cc1ccns1. The van der Waals surface area contributed by atoms with Crippen LogP contribution >= 0.6 is 11.5 Å². The monoisotopic (exact) mass is 270 g/mol. The summed E-state index contributed by atoms with van der Waals surface area (Å²) >= 11 is 1.28. The number of ether oxygens (including phenoxy) is 1. The third-order valence-corrected chi connectivity index (χ3v) is 2.80. The van der Waals surface area contributed by atoms with Crippen LogP contribution in [-0.4, -0.2) is 27.9 Å². The summed E-state index contributed by atoms with van der Waals surface area (Å²) in [7, 11) is 0. The molecule has 1 aromatic heterocycles. The predicted octanol–water partition coefficient (Wildman–Crippen LogP) is 2.17.